The van der Waals surface area contributed by atoms with E-state index >= 15 is 0 Å². The molecule has 1 heterocycles. The van der Waals surface area contributed by atoms with Gasteiger partial charge in [0.15, 0.2) is 5.78 Å². The number of aliphatic hydroxyl groups is 1. The number of fused-ring (bicyclic) bond motifs is 1. The zero-order valence-electron chi connectivity index (χ0n) is 9.41. The van der Waals surface area contributed by atoms with E-state index in [-0.39, 0.29) is 16.8 Å². The van der Waals surface area contributed by atoms with Gasteiger partial charge in [0.2, 0.25) is 0 Å². The van der Waals surface area contributed by atoms with E-state index in [1.807, 2.05) is 0 Å². The third kappa shape index (κ3) is 1.84. The maximum absolute atomic E-state index is 11.7. The van der Waals surface area contributed by atoms with Gasteiger partial charge >= 0.3 is 0 Å². The summed E-state index contributed by atoms with van der Waals surface area (Å²) in [5.41, 5.74) is 0.0172. The van der Waals surface area contributed by atoms with E-state index in [9.17, 15) is 24.8 Å². The number of nitrogens with zero attached hydrogens (tertiary/aromatic N) is 1. The topological polar surface area (TPSA) is 110 Å². The van der Waals surface area contributed by atoms with E-state index in [1.165, 1.54) is 19.1 Å². The van der Waals surface area contributed by atoms with Crippen LogP contribution in [0.25, 0.3) is 0 Å². The molecule has 2 N–H and O–H groups in total. The molecule has 0 fully saturated rings. The summed E-state index contributed by atoms with van der Waals surface area (Å²) in [5, 5.41) is 23.0. The molecule has 0 spiro atoms. The lowest BCUT2D eigenvalue weighted by molar-refractivity contribution is -0.385. The lowest BCUT2D eigenvalue weighted by Crippen LogP contribution is -2.48. The Labute approximate surface area is 102 Å². The molecule has 18 heavy (non-hydrogen) atoms. The Morgan fingerprint density at radius 3 is 2.72 bits per heavy atom. The second-order valence-corrected chi connectivity index (χ2v) is 4.04. The third-order valence-electron chi connectivity index (χ3n) is 2.85. The van der Waals surface area contributed by atoms with E-state index < -0.39 is 28.8 Å². The van der Waals surface area contributed by atoms with Crippen molar-refractivity contribution < 1.29 is 19.6 Å². The number of nitro groups is 1. The first-order chi connectivity index (χ1) is 8.41. The van der Waals surface area contributed by atoms with Crippen molar-refractivity contribution in [2.24, 2.45) is 0 Å². The van der Waals surface area contributed by atoms with E-state index in [1.54, 1.807) is 0 Å². The molecule has 1 aliphatic rings. The maximum Gasteiger partial charge on any atom is 0.269 e. The van der Waals surface area contributed by atoms with Crippen molar-refractivity contribution >= 4 is 17.4 Å². The molecule has 1 aliphatic heterocycles. The second kappa shape index (κ2) is 4.19. The van der Waals surface area contributed by atoms with E-state index in [2.05, 4.69) is 5.32 Å². The number of nitro benzene ring substituents is 1. The first kappa shape index (κ1) is 12.2. The summed E-state index contributed by atoms with van der Waals surface area (Å²) in [5.74, 6) is -0.932. The number of carbonyl (C=O) groups is 2. The van der Waals surface area contributed by atoms with E-state index in [4.69, 9.17) is 0 Å². The standard InChI is InChI=1S/C11H10N2O5/c1-5(14)9-10(15)8-4-6(13(17)18)2-3-7(8)11(16)12-9/h2-4,9-10,15H,1H3,(H,12,16). The molecule has 2 rings (SSSR count). The quantitative estimate of drug-likeness (QED) is 0.580. The normalized spacial score (nSPS) is 22.0. The predicted molar refractivity (Wildman–Crippen MR) is 60.0 cm³/mol. The molecule has 0 aromatic heterocycles. The number of nitrogens with one attached hydrogen (secondary N) is 1. The minimum Gasteiger partial charge on any atom is -0.386 e. The fourth-order valence-corrected chi connectivity index (χ4v) is 1.92. The molecule has 0 saturated heterocycles. The molecule has 0 saturated carbocycles. The van der Waals surface area contributed by atoms with Crippen molar-refractivity contribution in [3.63, 3.8) is 0 Å². The van der Waals surface area contributed by atoms with Gasteiger partial charge in [-0.3, -0.25) is 19.7 Å². The molecule has 0 bridgehead atoms. The van der Waals surface area contributed by atoms with Gasteiger partial charge in [0.25, 0.3) is 11.6 Å². The van der Waals surface area contributed by atoms with Crippen LogP contribution in [0.4, 0.5) is 5.69 Å². The van der Waals surface area contributed by atoms with Crippen molar-refractivity contribution in [2.45, 2.75) is 19.1 Å². The van der Waals surface area contributed by atoms with Crippen LogP contribution in [0.1, 0.15) is 28.9 Å². The molecule has 94 valence electrons. The Hall–Kier alpha value is -2.28. The first-order valence-corrected chi connectivity index (χ1v) is 5.19. The summed E-state index contributed by atoms with van der Waals surface area (Å²) >= 11 is 0. The highest BCUT2D eigenvalue weighted by Gasteiger charge is 2.35. The van der Waals surface area contributed by atoms with Crippen molar-refractivity contribution in [3.05, 3.63) is 39.4 Å². The number of carbonyl (C=O) groups excluding carboxylic acids is 2. The van der Waals surface area contributed by atoms with Crippen molar-refractivity contribution in [2.75, 3.05) is 0 Å². The number of aliphatic hydroxyl groups excluding tert-OH is 1. The minimum absolute atomic E-state index is 0.105. The van der Waals surface area contributed by atoms with Crippen LogP contribution in [0.2, 0.25) is 0 Å². The molecule has 2 atom stereocenters. The van der Waals surface area contributed by atoms with Crippen LogP contribution in [-0.4, -0.2) is 27.8 Å². The number of hydrogen-bond donors (Lipinski definition) is 2. The highest BCUT2D eigenvalue weighted by atomic mass is 16.6. The Bertz CT molecular complexity index is 554. The van der Waals surface area contributed by atoms with Crippen LogP contribution in [0.5, 0.6) is 0 Å². The second-order valence-electron chi connectivity index (χ2n) is 4.04. The smallest absolute Gasteiger partial charge is 0.269 e. The average molecular weight is 250 g/mol. The Kier molecular flexibility index (Phi) is 2.84. The molecule has 2 unspecified atom stereocenters. The molecular formula is C11H10N2O5. The lowest BCUT2D eigenvalue weighted by atomic mass is 9.90. The van der Waals surface area contributed by atoms with Gasteiger partial charge in [-0.1, -0.05) is 0 Å². The van der Waals surface area contributed by atoms with Crippen molar-refractivity contribution in [1.29, 1.82) is 0 Å². The number of benzene rings is 1. The lowest BCUT2D eigenvalue weighted by Gasteiger charge is -2.28. The van der Waals surface area contributed by atoms with Crippen LogP contribution in [0.15, 0.2) is 18.2 Å². The van der Waals surface area contributed by atoms with Gasteiger partial charge in [-0.05, 0) is 13.0 Å². The molecule has 7 nitrogen and oxygen atoms in total. The van der Waals surface area contributed by atoms with Gasteiger partial charge < -0.3 is 10.4 Å². The van der Waals surface area contributed by atoms with Crippen LogP contribution in [0, 0.1) is 10.1 Å². The van der Waals surface area contributed by atoms with Gasteiger partial charge in [-0.15, -0.1) is 0 Å². The van der Waals surface area contributed by atoms with Crippen molar-refractivity contribution in [3.8, 4) is 0 Å². The van der Waals surface area contributed by atoms with Gasteiger partial charge in [0.1, 0.15) is 12.1 Å². The molecule has 7 heteroatoms. The van der Waals surface area contributed by atoms with Crippen LogP contribution >= 0.6 is 0 Å². The average Bonchev–Trinajstić information content (AvgIpc) is 2.32. The number of Topliss-reactive ketones (excluding diaryl/α,β-unsaturated/α-hetero) is 1. The maximum atomic E-state index is 11.7. The fourth-order valence-electron chi connectivity index (χ4n) is 1.92. The van der Waals surface area contributed by atoms with Gasteiger partial charge in [0, 0.05) is 23.3 Å². The number of rotatable bonds is 2. The summed E-state index contributed by atoms with van der Waals surface area (Å²) in [7, 11) is 0. The summed E-state index contributed by atoms with van der Waals surface area (Å²) < 4.78 is 0. The largest absolute Gasteiger partial charge is 0.386 e. The van der Waals surface area contributed by atoms with E-state index in [0.29, 0.717) is 0 Å². The van der Waals surface area contributed by atoms with Gasteiger partial charge in [-0.2, -0.15) is 0 Å². The SMILES string of the molecule is CC(=O)C1NC(=O)c2ccc([N+](=O)[O-])cc2C1O. The number of non-ortho nitro benzene ring substituents is 1. The Balaban J connectivity index is 2.54. The molecule has 0 radical (unpaired) electrons. The molecular weight excluding hydrogens is 240 g/mol. The van der Waals surface area contributed by atoms with Gasteiger partial charge in [-0.25, -0.2) is 0 Å². The van der Waals surface area contributed by atoms with Crippen molar-refractivity contribution in [1.82, 2.24) is 5.32 Å². The monoisotopic (exact) mass is 250 g/mol. The summed E-state index contributed by atoms with van der Waals surface area (Å²) in [6, 6.07) is 2.50. The molecule has 0 aliphatic carbocycles. The minimum atomic E-state index is -1.27. The molecule has 1 amide bonds. The van der Waals surface area contributed by atoms with Crippen LogP contribution in [-0.2, 0) is 4.79 Å². The number of amides is 1. The number of hydrogen-bond acceptors (Lipinski definition) is 5. The van der Waals surface area contributed by atoms with Crippen LogP contribution < -0.4 is 5.32 Å². The zero-order chi connectivity index (χ0) is 13.4. The fraction of sp³-hybridized carbons (Fsp3) is 0.273. The summed E-state index contributed by atoms with van der Waals surface area (Å²) in [4.78, 5) is 33.0. The van der Waals surface area contributed by atoms with Crippen LogP contribution in [0.3, 0.4) is 0 Å². The number of ketones is 1. The highest BCUT2D eigenvalue weighted by Crippen LogP contribution is 2.29. The zero-order valence-corrected chi connectivity index (χ0v) is 9.41. The predicted octanol–water partition coefficient (Wildman–Crippen LogP) is 0.329. The Morgan fingerprint density at radius 2 is 2.17 bits per heavy atom. The van der Waals surface area contributed by atoms with Gasteiger partial charge in [0.05, 0.1) is 4.92 Å². The van der Waals surface area contributed by atoms with E-state index in [0.717, 1.165) is 6.07 Å². The Morgan fingerprint density at radius 1 is 1.50 bits per heavy atom. The third-order valence-corrected chi connectivity index (χ3v) is 2.85. The summed E-state index contributed by atoms with van der Waals surface area (Å²) in [6.07, 6.45) is -1.27. The summed E-state index contributed by atoms with van der Waals surface area (Å²) in [6.45, 7) is 1.23. The highest BCUT2D eigenvalue weighted by molar-refractivity contribution is 6.01. The molecule has 1 aromatic rings. The molecule has 1 aromatic carbocycles. The first-order valence-electron chi connectivity index (χ1n) is 5.19.